The number of halogens is 3. The molecule has 0 aliphatic heterocycles. The van der Waals surface area contributed by atoms with Crippen LogP contribution in [0.4, 0.5) is 18.9 Å². The van der Waals surface area contributed by atoms with Gasteiger partial charge in [-0.05, 0) is 42.1 Å². The summed E-state index contributed by atoms with van der Waals surface area (Å²) in [6.45, 7) is 1.43. The van der Waals surface area contributed by atoms with E-state index >= 15 is 0 Å². The fourth-order valence-electron chi connectivity index (χ4n) is 3.48. The second-order valence-corrected chi connectivity index (χ2v) is 7.68. The molecular weight excluding hydrogens is 453 g/mol. The molecule has 0 radical (unpaired) electrons. The van der Waals surface area contributed by atoms with Crippen LogP contribution in [0.3, 0.4) is 0 Å². The van der Waals surface area contributed by atoms with E-state index < -0.39 is 34.7 Å². The first-order valence-corrected chi connectivity index (χ1v) is 10.1. The molecule has 0 aliphatic carbocycles. The molecule has 174 valence electrons. The van der Waals surface area contributed by atoms with Gasteiger partial charge in [0, 0.05) is 17.4 Å². The van der Waals surface area contributed by atoms with E-state index in [-0.39, 0.29) is 29.3 Å². The molecule has 0 unspecified atom stereocenters. The lowest BCUT2D eigenvalue weighted by Crippen LogP contribution is -2.42. The molecule has 4 aromatic rings. The number of hydrogen-bond acceptors (Lipinski definition) is 6. The lowest BCUT2D eigenvalue weighted by atomic mass is 10.0. The smallest absolute Gasteiger partial charge is 0.433 e. The Morgan fingerprint density at radius 1 is 1.09 bits per heavy atom. The van der Waals surface area contributed by atoms with Crippen LogP contribution in [0.2, 0.25) is 0 Å². The van der Waals surface area contributed by atoms with Gasteiger partial charge < -0.3 is 15.2 Å². The molecule has 0 spiro atoms. The highest BCUT2D eigenvalue weighted by Gasteiger charge is 2.33. The molecule has 2 N–H and O–H groups in total. The predicted octanol–water partition coefficient (Wildman–Crippen LogP) is 4.06. The summed E-state index contributed by atoms with van der Waals surface area (Å²) in [5.41, 5.74) is -1.76. The minimum absolute atomic E-state index is 0.0140. The standard InChI is InChI=1S/C24H17F3N2O5/c1-12-19(21(31)20(12)30)28-17(23(32)33)10-13-6-8-15(9-7-13)34-22-16-5-3-2-4-14(16)11-18(29-22)24(25,26)27/h2-9,11,17,28H,10H2,1H3,(H,32,33)/t17-/m0/s1. The van der Waals surface area contributed by atoms with Gasteiger partial charge in [-0.1, -0.05) is 30.3 Å². The number of pyridine rings is 1. The molecule has 10 heteroatoms. The molecule has 1 aromatic heterocycles. The number of anilines is 1. The minimum atomic E-state index is -4.65. The maximum Gasteiger partial charge on any atom is 0.433 e. The summed E-state index contributed by atoms with van der Waals surface area (Å²) in [6, 6.07) is 12.2. The number of ether oxygens (including phenoxy) is 1. The van der Waals surface area contributed by atoms with E-state index in [4.69, 9.17) is 4.74 Å². The monoisotopic (exact) mass is 470 g/mol. The van der Waals surface area contributed by atoms with E-state index in [1.165, 1.54) is 25.1 Å². The molecule has 0 saturated carbocycles. The van der Waals surface area contributed by atoms with Crippen LogP contribution in [-0.4, -0.2) is 22.1 Å². The summed E-state index contributed by atoms with van der Waals surface area (Å²) < 4.78 is 45.4. The van der Waals surface area contributed by atoms with Gasteiger partial charge in [-0.3, -0.25) is 9.59 Å². The van der Waals surface area contributed by atoms with E-state index in [9.17, 15) is 32.7 Å². The quantitative estimate of drug-likeness (QED) is 0.393. The predicted molar refractivity (Wildman–Crippen MR) is 118 cm³/mol. The zero-order chi connectivity index (χ0) is 24.6. The Morgan fingerprint density at radius 3 is 2.38 bits per heavy atom. The molecule has 0 aliphatic rings. The van der Waals surface area contributed by atoms with Crippen LogP contribution in [0.1, 0.15) is 16.8 Å². The third-order valence-corrected chi connectivity index (χ3v) is 5.34. The van der Waals surface area contributed by atoms with Crippen molar-refractivity contribution in [2.24, 2.45) is 0 Å². The molecular formula is C24H17F3N2O5. The van der Waals surface area contributed by atoms with Gasteiger partial charge in [-0.25, -0.2) is 9.78 Å². The SMILES string of the molecule is Cc1c(N[C@@H](Cc2ccc(Oc3nc(C(F)(F)F)cc4ccccc34)cc2)C(=O)O)c(=O)c1=O. The van der Waals surface area contributed by atoms with E-state index in [0.29, 0.717) is 16.3 Å². The first kappa shape index (κ1) is 23.0. The number of carboxylic acid groups (broad SMARTS) is 1. The molecule has 1 heterocycles. The van der Waals surface area contributed by atoms with Gasteiger partial charge in [0.05, 0.1) is 5.69 Å². The molecule has 34 heavy (non-hydrogen) atoms. The van der Waals surface area contributed by atoms with Crippen LogP contribution in [-0.2, 0) is 17.4 Å². The molecule has 0 saturated heterocycles. The topological polar surface area (TPSA) is 106 Å². The van der Waals surface area contributed by atoms with Crippen LogP contribution in [0.5, 0.6) is 11.6 Å². The van der Waals surface area contributed by atoms with Crippen molar-refractivity contribution in [3.8, 4) is 11.6 Å². The Kier molecular flexibility index (Phi) is 5.82. The average Bonchev–Trinajstić information content (AvgIpc) is 2.81. The third kappa shape index (κ3) is 4.47. The van der Waals surface area contributed by atoms with Crippen molar-refractivity contribution < 1.29 is 27.8 Å². The first-order chi connectivity index (χ1) is 16.0. The van der Waals surface area contributed by atoms with Crippen molar-refractivity contribution in [1.82, 2.24) is 4.98 Å². The summed E-state index contributed by atoms with van der Waals surface area (Å²) in [5, 5.41) is 12.8. The normalized spacial score (nSPS) is 12.6. The van der Waals surface area contributed by atoms with E-state index in [1.54, 1.807) is 30.3 Å². The highest BCUT2D eigenvalue weighted by molar-refractivity contribution is 5.87. The van der Waals surface area contributed by atoms with Crippen molar-refractivity contribution in [3.05, 3.63) is 91.9 Å². The van der Waals surface area contributed by atoms with Gasteiger partial charge in [-0.15, -0.1) is 0 Å². The van der Waals surface area contributed by atoms with Gasteiger partial charge in [0.2, 0.25) is 16.7 Å². The average molecular weight is 470 g/mol. The molecule has 3 aromatic carbocycles. The van der Waals surface area contributed by atoms with Gasteiger partial charge in [0.15, 0.2) is 0 Å². The van der Waals surface area contributed by atoms with Crippen LogP contribution in [0.15, 0.2) is 64.2 Å². The molecule has 4 rings (SSSR count). The Labute approximate surface area is 190 Å². The number of nitrogens with one attached hydrogen (secondary N) is 1. The second kappa shape index (κ2) is 8.62. The van der Waals surface area contributed by atoms with Crippen molar-refractivity contribution in [2.75, 3.05) is 5.32 Å². The van der Waals surface area contributed by atoms with E-state index in [1.807, 2.05) is 0 Å². The van der Waals surface area contributed by atoms with Crippen LogP contribution >= 0.6 is 0 Å². The number of benzene rings is 2. The van der Waals surface area contributed by atoms with Gasteiger partial charge in [0.1, 0.15) is 17.5 Å². The number of rotatable bonds is 7. The number of nitrogens with zero attached hydrogens (tertiary/aromatic N) is 1. The first-order valence-electron chi connectivity index (χ1n) is 10.1. The van der Waals surface area contributed by atoms with E-state index in [2.05, 4.69) is 10.3 Å². The highest BCUT2D eigenvalue weighted by Crippen LogP contribution is 2.35. The number of carbonyl (C=O) groups is 1. The Balaban J connectivity index is 1.55. The number of fused-ring (bicyclic) bond motifs is 1. The van der Waals surface area contributed by atoms with Crippen molar-refractivity contribution in [3.63, 3.8) is 0 Å². The number of aliphatic carboxylic acids is 1. The summed E-state index contributed by atoms with van der Waals surface area (Å²) in [4.78, 5) is 38.2. The van der Waals surface area contributed by atoms with Crippen molar-refractivity contribution >= 4 is 22.4 Å². The molecule has 1 atom stereocenters. The van der Waals surface area contributed by atoms with Gasteiger partial charge >= 0.3 is 12.1 Å². The molecule has 7 nitrogen and oxygen atoms in total. The summed E-state index contributed by atoms with van der Waals surface area (Å²) in [5.74, 6) is -1.22. The number of carboxylic acids is 1. The van der Waals surface area contributed by atoms with E-state index in [0.717, 1.165) is 6.07 Å². The summed E-state index contributed by atoms with van der Waals surface area (Å²) >= 11 is 0. The fraction of sp³-hybridized carbons (Fsp3) is 0.167. The Morgan fingerprint density at radius 2 is 1.76 bits per heavy atom. The number of alkyl halides is 3. The molecule has 0 bridgehead atoms. The van der Waals surface area contributed by atoms with Crippen molar-refractivity contribution in [1.29, 1.82) is 0 Å². The molecule has 0 fully saturated rings. The maximum atomic E-state index is 13.2. The third-order valence-electron chi connectivity index (χ3n) is 5.34. The molecule has 0 amide bonds. The maximum absolute atomic E-state index is 13.2. The lowest BCUT2D eigenvalue weighted by molar-refractivity contribution is -0.141. The highest BCUT2D eigenvalue weighted by atomic mass is 19.4. The zero-order valence-electron chi connectivity index (χ0n) is 17.6. The summed E-state index contributed by atoms with van der Waals surface area (Å²) in [6.07, 6.45) is -4.66. The van der Waals surface area contributed by atoms with Crippen molar-refractivity contribution in [2.45, 2.75) is 25.6 Å². The second-order valence-electron chi connectivity index (χ2n) is 7.68. The Hall–Kier alpha value is -4.21. The zero-order valence-corrected chi connectivity index (χ0v) is 17.6. The fourth-order valence-corrected chi connectivity index (χ4v) is 3.48. The van der Waals surface area contributed by atoms with Gasteiger partial charge in [-0.2, -0.15) is 13.2 Å². The lowest BCUT2D eigenvalue weighted by Gasteiger charge is -2.18. The number of aromatic nitrogens is 1. The minimum Gasteiger partial charge on any atom is -0.480 e. The number of hydrogen-bond donors (Lipinski definition) is 2. The van der Waals surface area contributed by atoms with Crippen LogP contribution < -0.4 is 20.9 Å². The van der Waals surface area contributed by atoms with Crippen LogP contribution in [0, 0.1) is 6.92 Å². The largest absolute Gasteiger partial charge is 0.480 e. The Bertz CT molecular complexity index is 1460. The van der Waals surface area contributed by atoms with Crippen LogP contribution in [0.25, 0.3) is 10.8 Å². The van der Waals surface area contributed by atoms with Gasteiger partial charge in [0.25, 0.3) is 0 Å². The summed E-state index contributed by atoms with van der Waals surface area (Å²) in [7, 11) is 0.